The standard InChI is InChI=1S/C83H96F3N15O10/c1-51-59(17-14-19-62(51)92-74(104)53-25-29-56(30-26-53)81(2,3)4)66-49-96(7)80(110)73(91-66)89-57-31-27-54(28-32-57)77(107)98-43-41-97(42-44-98)39-12-9-8-10-38-88-71(103)50-99(67-21-15-18-60-72(67)79(109)101(78(60)108)68-35-36-70(102)94-76(68)106)40-13-11-37-87-47-52-23-33-58(34-24-52)100-48-55-45-65(61(82(5,6)111)46-64(55)95-100)93-75(105)63-20-16-22-69(90-63)83(84,85)86/h14-22,25-32,45-46,48-49,52,58,68,87,111H,8-13,23-24,33-44,47,50H2,1-7H3,(H,88,103)(H,89,91)(H,92,104)(H,93,105)(H,94,102,106)/t52-,58-,68?. The largest absolute Gasteiger partial charge is 0.433 e. The Morgan fingerprint density at radius 3 is 2.09 bits per heavy atom. The molecule has 3 fully saturated rings. The van der Waals surface area contributed by atoms with E-state index in [0.29, 0.717) is 95.4 Å². The number of hydrogen-bond donors (Lipinski definition) is 7. The molecule has 7 N–H and O–H groups in total. The summed E-state index contributed by atoms with van der Waals surface area (Å²) in [6.45, 7) is 17.0. The number of unbranched alkanes of at least 4 members (excludes halogenated alkanes) is 4. The first-order valence-electron chi connectivity index (χ1n) is 38.1. The number of aliphatic hydroxyl groups is 1. The van der Waals surface area contributed by atoms with Crippen molar-refractivity contribution in [2.45, 2.75) is 148 Å². The number of carbonyl (C=O) groups is 8. The van der Waals surface area contributed by atoms with E-state index in [2.05, 4.69) is 62.6 Å². The van der Waals surface area contributed by atoms with Gasteiger partial charge in [0.2, 0.25) is 17.7 Å². The Morgan fingerprint density at radius 1 is 0.694 bits per heavy atom. The average Bonchev–Trinajstić information content (AvgIpc) is 1.62. The summed E-state index contributed by atoms with van der Waals surface area (Å²) in [6.07, 6.45) is 7.14. The number of amides is 8. The van der Waals surface area contributed by atoms with Crippen LogP contribution in [0.15, 0.2) is 132 Å². The Balaban J connectivity index is 0.579. The maximum atomic E-state index is 14.3. The van der Waals surface area contributed by atoms with E-state index in [0.717, 1.165) is 118 Å². The molecule has 0 bridgehead atoms. The van der Waals surface area contributed by atoms with Gasteiger partial charge < -0.3 is 46.1 Å². The molecule has 1 aliphatic carbocycles. The molecule has 8 amide bonds. The second kappa shape index (κ2) is 34.1. The van der Waals surface area contributed by atoms with Crippen LogP contribution in [0.4, 0.5) is 41.7 Å². The predicted molar refractivity (Wildman–Crippen MR) is 417 cm³/mol. The summed E-state index contributed by atoms with van der Waals surface area (Å²) in [6, 6.07) is 30.4. The van der Waals surface area contributed by atoms with Crippen LogP contribution in [0.2, 0.25) is 0 Å². The van der Waals surface area contributed by atoms with E-state index in [1.165, 1.54) is 16.7 Å². The molecule has 1 unspecified atom stereocenters. The predicted octanol–water partition coefficient (Wildman–Crippen LogP) is 11.4. The lowest BCUT2D eigenvalue weighted by Gasteiger charge is -2.34. The second-order valence-corrected chi connectivity index (χ2v) is 30.9. The molecule has 584 valence electrons. The van der Waals surface area contributed by atoms with Crippen LogP contribution < -0.4 is 42.4 Å². The zero-order valence-electron chi connectivity index (χ0n) is 63.7. The van der Waals surface area contributed by atoms with Gasteiger partial charge >= 0.3 is 6.18 Å². The number of fused-ring (bicyclic) bond motifs is 2. The van der Waals surface area contributed by atoms with Crippen molar-refractivity contribution in [3.05, 3.63) is 188 Å². The van der Waals surface area contributed by atoms with Gasteiger partial charge in [-0.25, -0.2) is 9.97 Å². The number of piperazine rings is 1. The summed E-state index contributed by atoms with van der Waals surface area (Å²) < 4.78 is 43.6. The normalized spacial score (nSPS) is 17.1. The topological polar surface area (TPSA) is 308 Å². The zero-order valence-corrected chi connectivity index (χ0v) is 63.7. The van der Waals surface area contributed by atoms with Gasteiger partial charge in [-0.1, -0.05) is 70.0 Å². The summed E-state index contributed by atoms with van der Waals surface area (Å²) >= 11 is 0. The molecule has 1 saturated carbocycles. The van der Waals surface area contributed by atoms with Crippen LogP contribution in [0.3, 0.4) is 0 Å². The van der Waals surface area contributed by atoms with Gasteiger partial charge in [-0.2, -0.15) is 18.3 Å². The van der Waals surface area contributed by atoms with Crippen molar-refractivity contribution in [3.63, 3.8) is 0 Å². The summed E-state index contributed by atoms with van der Waals surface area (Å²) in [5.74, 6) is -3.43. The average molecular weight is 1520 g/mol. The van der Waals surface area contributed by atoms with E-state index in [4.69, 9.17) is 10.1 Å². The van der Waals surface area contributed by atoms with Gasteiger partial charge in [-0.3, -0.25) is 62.9 Å². The van der Waals surface area contributed by atoms with E-state index in [1.807, 2.05) is 70.1 Å². The van der Waals surface area contributed by atoms with Crippen LogP contribution in [0, 0.1) is 12.8 Å². The van der Waals surface area contributed by atoms with Gasteiger partial charge in [0, 0.05) is 110 Å². The lowest BCUT2D eigenvalue weighted by Crippen LogP contribution is -2.54. The number of pyridine rings is 1. The number of imide groups is 2. The van der Waals surface area contributed by atoms with Crippen molar-refractivity contribution < 1.29 is 56.6 Å². The molecule has 2 saturated heterocycles. The highest BCUT2D eigenvalue weighted by Crippen LogP contribution is 2.39. The quantitative estimate of drug-likeness (QED) is 0.0177. The van der Waals surface area contributed by atoms with E-state index < -0.39 is 58.7 Å². The van der Waals surface area contributed by atoms with Gasteiger partial charge in [-0.15, -0.1) is 0 Å². The third-order valence-electron chi connectivity index (χ3n) is 21.3. The van der Waals surface area contributed by atoms with Gasteiger partial charge in [0.25, 0.3) is 35.1 Å². The van der Waals surface area contributed by atoms with Crippen molar-refractivity contribution in [2.75, 3.05) is 86.3 Å². The lowest BCUT2D eigenvalue weighted by atomic mass is 9.86. The second-order valence-electron chi connectivity index (χ2n) is 30.9. The maximum Gasteiger partial charge on any atom is 0.433 e. The highest BCUT2D eigenvalue weighted by Gasteiger charge is 2.46. The number of alkyl halides is 3. The number of anilines is 5. The van der Waals surface area contributed by atoms with Crippen molar-refractivity contribution in [1.29, 1.82) is 0 Å². The van der Waals surface area contributed by atoms with Gasteiger partial charge in [0.05, 0.1) is 46.2 Å². The van der Waals surface area contributed by atoms with Crippen LogP contribution in [0.25, 0.3) is 22.2 Å². The van der Waals surface area contributed by atoms with Crippen molar-refractivity contribution in [1.82, 2.24) is 55.0 Å². The molecule has 28 heteroatoms. The Hall–Kier alpha value is -11.0. The summed E-state index contributed by atoms with van der Waals surface area (Å²) in [7, 11) is 1.66. The molecular formula is C83H96F3N15O10. The highest BCUT2D eigenvalue weighted by atomic mass is 19.4. The number of halogens is 3. The molecular weight excluding hydrogens is 1420 g/mol. The zero-order chi connectivity index (χ0) is 79.1. The number of carbonyl (C=O) groups excluding carboxylic acids is 8. The van der Waals surface area contributed by atoms with E-state index in [9.17, 15) is 61.4 Å². The number of piperidine rings is 1. The van der Waals surface area contributed by atoms with Crippen LogP contribution in [0.5, 0.6) is 0 Å². The molecule has 0 spiro atoms. The first kappa shape index (κ1) is 79.6. The smallest absolute Gasteiger partial charge is 0.386 e. The van der Waals surface area contributed by atoms with Crippen molar-refractivity contribution in [3.8, 4) is 11.3 Å². The van der Waals surface area contributed by atoms with E-state index in [-0.39, 0.29) is 76.8 Å². The van der Waals surface area contributed by atoms with Crippen molar-refractivity contribution >= 4 is 86.7 Å². The fraction of sp³-hybridized carbons (Fsp3) is 0.422. The number of aryl methyl sites for hydroxylation is 1. The Kier molecular flexibility index (Phi) is 24.5. The molecule has 3 aliphatic heterocycles. The molecule has 5 aromatic carbocycles. The fourth-order valence-electron chi connectivity index (χ4n) is 15.0. The molecule has 25 nitrogen and oxygen atoms in total. The number of rotatable bonds is 28. The van der Waals surface area contributed by atoms with Crippen LogP contribution in [-0.2, 0) is 38.6 Å². The van der Waals surface area contributed by atoms with Gasteiger partial charge in [-0.05, 0) is 200 Å². The number of aromatic nitrogens is 5. The van der Waals surface area contributed by atoms with Crippen LogP contribution in [0.1, 0.15) is 192 Å². The minimum absolute atomic E-state index is 0.00283. The fourth-order valence-corrected chi connectivity index (χ4v) is 15.0. The molecule has 1 atom stereocenters. The molecule has 4 aliphatic rings. The Labute approximate surface area is 642 Å². The highest BCUT2D eigenvalue weighted by molar-refractivity contribution is 6.25. The van der Waals surface area contributed by atoms with Crippen LogP contribution >= 0.6 is 0 Å². The minimum Gasteiger partial charge on any atom is -0.386 e. The minimum atomic E-state index is -4.74. The lowest BCUT2D eigenvalue weighted by molar-refractivity contribution is -0.141. The number of hydrogen-bond acceptors (Lipinski definition) is 17. The number of nitrogens with one attached hydrogen (secondary N) is 6. The molecule has 12 rings (SSSR count). The number of nitrogens with zero attached hydrogens (tertiary/aromatic N) is 9. The monoisotopic (exact) mass is 1520 g/mol. The summed E-state index contributed by atoms with van der Waals surface area (Å²) in [5, 5.41) is 34.5. The summed E-state index contributed by atoms with van der Waals surface area (Å²) in [4.78, 5) is 136. The molecule has 111 heavy (non-hydrogen) atoms. The summed E-state index contributed by atoms with van der Waals surface area (Å²) in [5.41, 5.74) is 3.77. The SMILES string of the molecule is Cc1c(NC(=O)c2ccc(C(C)(C)C)cc2)cccc1-c1cn(C)c(=O)c(Nc2ccc(C(=O)N3CCN(CCCCCCNC(=O)CN(CCCCNC[C@H]4CC[C@H](n5cc6cc(NC(=O)c7cccc(C(F)(F)F)n7)c(C(C)(C)O)cc6n5)CC4)c4cccc5c4C(=O)N(C4CCC(=O)NC4=O)C5=O)CC3)cc2)n1. The first-order chi connectivity index (χ1) is 52.9. The Morgan fingerprint density at radius 2 is 1.38 bits per heavy atom. The molecule has 8 aromatic rings. The third-order valence-corrected chi connectivity index (χ3v) is 21.3. The van der Waals surface area contributed by atoms with E-state index in [1.54, 1.807) is 75.6 Å². The first-order valence-corrected chi connectivity index (χ1v) is 38.1. The van der Waals surface area contributed by atoms with Gasteiger partial charge in [0.15, 0.2) is 5.82 Å². The van der Waals surface area contributed by atoms with Crippen molar-refractivity contribution in [2.24, 2.45) is 13.0 Å². The number of benzene rings is 5. The Bertz CT molecular complexity index is 4880. The molecule has 6 heterocycles. The maximum absolute atomic E-state index is 14.3. The van der Waals surface area contributed by atoms with Crippen LogP contribution in [-0.4, -0.2) is 163 Å². The third kappa shape index (κ3) is 19.1. The molecule has 0 radical (unpaired) electrons. The van der Waals surface area contributed by atoms with E-state index >= 15 is 0 Å². The van der Waals surface area contributed by atoms with Gasteiger partial charge in [0.1, 0.15) is 17.4 Å². The molecule has 3 aromatic heterocycles.